The van der Waals surface area contributed by atoms with Crippen LogP contribution in [-0.4, -0.2) is 24.4 Å². The van der Waals surface area contributed by atoms with Gasteiger partial charge in [-0.25, -0.2) is 4.79 Å². The maximum absolute atomic E-state index is 12.2. The van der Waals surface area contributed by atoms with Crippen LogP contribution in [0.3, 0.4) is 0 Å². The van der Waals surface area contributed by atoms with E-state index >= 15 is 0 Å². The van der Waals surface area contributed by atoms with E-state index in [4.69, 9.17) is 10.00 Å². The number of nitriles is 1. The summed E-state index contributed by atoms with van der Waals surface area (Å²) in [5.41, 5.74) is 0.545. The van der Waals surface area contributed by atoms with Gasteiger partial charge < -0.3 is 15.2 Å². The van der Waals surface area contributed by atoms with E-state index in [1.807, 2.05) is 19.2 Å². The summed E-state index contributed by atoms with van der Waals surface area (Å²) in [7, 11) is 1.59. The molecule has 25 heavy (non-hydrogen) atoms. The van der Waals surface area contributed by atoms with Gasteiger partial charge in [-0.1, -0.05) is 13.0 Å². The molecule has 0 saturated carbocycles. The maximum Gasteiger partial charge on any atom is 0.334 e. The number of hydrogen-bond acceptors (Lipinski definition) is 5. The van der Waals surface area contributed by atoms with E-state index in [0.29, 0.717) is 29.0 Å². The summed E-state index contributed by atoms with van der Waals surface area (Å²) in [6.07, 6.45) is 2.27. The topological polar surface area (TPSA) is 82.4 Å². The molecule has 1 unspecified atom stereocenters. The minimum absolute atomic E-state index is 0.350. The zero-order chi connectivity index (χ0) is 18.4. The van der Waals surface area contributed by atoms with E-state index in [-0.39, 0.29) is 0 Å². The van der Waals surface area contributed by atoms with Crippen LogP contribution in [0.4, 0.5) is 5.69 Å². The second kappa shape index (κ2) is 7.95. The number of hydrogen-bond donors (Lipinski definition) is 2. The lowest BCUT2D eigenvalue weighted by Gasteiger charge is -2.31. The second-order valence-electron chi connectivity index (χ2n) is 5.45. The molecule has 2 N–H and O–H groups in total. The van der Waals surface area contributed by atoms with Gasteiger partial charge >= 0.3 is 5.97 Å². The molecule has 0 heterocycles. The Morgan fingerprint density at radius 1 is 1.32 bits per heavy atom. The highest BCUT2D eigenvalue weighted by molar-refractivity contribution is 7.98. The first-order valence-corrected chi connectivity index (χ1v) is 8.97. The molecular weight excluding hydrogens is 336 g/mol. The third-order valence-electron chi connectivity index (χ3n) is 4.14. The van der Waals surface area contributed by atoms with E-state index in [1.165, 1.54) is 11.8 Å². The first-order chi connectivity index (χ1) is 12.0. The maximum atomic E-state index is 12.2. The Morgan fingerprint density at radius 2 is 2.00 bits per heavy atom. The molecule has 2 aromatic rings. The van der Waals surface area contributed by atoms with Crippen LogP contribution in [0, 0.1) is 11.3 Å². The van der Waals surface area contributed by atoms with Gasteiger partial charge in [-0.2, -0.15) is 5.26 Å². The summed E-state index contributed by atoms with van der Waals surface area (Å²) >= 11 is 1.50. The zero-order valence-electron chi connectivity index (χ0n) is 14.4. The predicted molar refractivity (Wildman–Crippen MR) is 99.2 cm³/mol. The van der Waals surface area contributed by atoms with Crippen LogP contribution in [0.1, 0.15) is 24.5 Å². The highest BCUT2D eigenvalue weighted by Crippen LogP contribution is 2.36. The molecule has 0 aromatic heterocycles. The van der Waals surface area contributed by atoms with Crippen molar-refractivity contribution in [2.45, 2.75) is 23.8 Å². The molecule has 0 aliphatic heterocycles. The van der Waals surface area contributed by atoms with Crippen LogP contribution in [0.15, 0.2) is 47.4 Å². The number of nitrogens with zero attached hydrogens (tertiary/aromatic N) is 1. The third kappa shape index (κ3) is 3.72. The number of carboxylic acid groups (broad SMARTS) is 1. The Labute approximate surface area is 151 Å². The van der Waals surface area contributed by atoms with Crippen LogP contribution in [-0.2, 0) is 10.3 Å². The molecule has 0 radical (unpaired) electrons. The lowest BCUT2D eigenvalue weighted by molar-refractivity contribution is -0.142. The van der Waals surface area contributed by atoms with Crippen molar-refractivity contribution in [2.75, 3.05) is 18.7 Å². The van der Waals surface area contributed by atoms with E-state index in [1.54, 1.807) is 43.5 Å². The van der Waals surface area contributed by atoms with Gasteiger partial charge in [-0.3, -0.25) is 0 Å². The van der Waals surface area contributed by atoms with Crippen molar-refractivity contribution in [3.63, 3.8) is 0 Å². The van der Waals surface area contributed by atoms with Crippen LogP contribution in [0.2, 0.25) is 0 Å². The minimum Gasteiger partial charge on any atom is -0.496 e. The Hall–Kier alpha value is -2.65. The van der Waals surface area contributed by atoms with Crippen molar-refractivity contribution in [1.29, 1.82) is 5.26 Å². The highest BCUT2D eigenvalue weighted by atomic mass is 32.2. The number of thioether (sulfide) groups is 1. The van der Waals surface area contributed by atoms with Crippen molar-refractivity contribution in [1.82, 2.24) is 0 Å². The van der Waals surface area contributed by atoms with Crippen molar-refractivity contribution >= 4 is 23.4 Å². The standard InChI is InChI=1S/C19H20N2O3S/c1-4-19(18(22)23,21-15-8-5-13(12-20)6-9-15)14-7-10-16(24-2)17(11-14)25-3/h5-11,21H,4H2,1-3H3,(H,22,23). The summed E-state index contributed by atoms with van der Waals surface area (Å²) in [4.78, 5) is 13.1. The number of aliphatic carboxylic acids is 1. The van der Waals surface area contributed by atoms with Gasteiger partial charge in [0.15, 0.2) is 5.54 Å². The molecule has 0 aliphatic carbocycles. The third-order valence-corrected chi connectivity index (χ3v) is 4.90. The molecule has 0 saturated heterocycles. The van der Waals surface area contributed by atoms with Crippen LogP contribution in [0.25, 0.3) is 0 Å². The zero-order valence-corrected chi connectivity index (χ0v) is 15.2. The fourth-order valence-corrected chi connectivity index (χ4v) is 3.27. The van der Waals surface area contributed by atoms with E-state index < -0.39 is 11.5 Å². The molecule has 2 rings (SSSR count). The van der Waals surface area contributed by atoms with E-state index in [9.17, 15) is 9.90 Å². The highest BCUT2D eigenvalue weighted by Gasteiger charge is 2.39. The average molecular weight is 356 g/mol. The predicted octanol–water partition coefficient (Wildman–Crippen LogP) is 4.09. The van der Waals surface area contributed by atoms with Gasteiger partial charge in [0.25, 0.3) is 0 Å². The van der Waals surface area contributed by atoms with Gasteiger partial charge in [0.2, 0.25) is 0 Å². The number of benzene rings is 2. The SMILES string of the molecule is CCC(Nc1ccc(C#N)cc1)(C(=O)O)c1ccc(OC)c(SC)c1. The molecule has 130 valence electrons. The molecular formula is C19H20N2O3S. The van der Waals surface area contributed by atoms with Gasteiger partial charge in [0.1, 0.15) is 5.75 Å². The van der Waals surface area contributed by atoms with Gasteiger partial charge in [0.05, 0.1) is 18.7 Å². The summed E-state index contributed by atoms with van der Waals surface area (Å²) in [5, 5.41) is 22.0. The Balaban J connectivity index is 2.50. The van der Waals surface area contributed by atoms with Crippen molar-refractivity contribution in [2.24, 2.45) is 0 Å². The molecule has 0 aliphatic rings. The molecule has 5 nitrogen and oxygen atoms in total. The van der Waals surface area contributed by atoms with Crippen molar-refractivity contribution < 1.29 is 14.6 Å². The average Bonchev–Trinajstić information content (AvgIpc) is 2.65. The summed E-state index contributed by atoms with van der Waals surface area (Å²) in [6.45, 7) is 1.83. The lowest BCUT2D eigenvalue weighted by atomic mass is 9.86. The van der Waals surface area contributed by atoms with E-state index in [2.05, 4.69) is 11.4 Å². The van der Waals surface area contributed by atoms with Gasteiger partial charge in [-0.15, -0.1) is 11.8 Å². The molecule has 0 bridgehead atoms. The molecule has 0 spiro atoms. The van der Waals surface area contributed by atoms with Crippen LogP contribution >= 0.6 is 11.8 Å². The van der Waals surface area contributed by atoms with Crippen LogP contribution < -0.4 is 10.1 Å². The Morgan fingerprint density at radius 3 is 2.48 bits per heavy atom. The largest absolute Gasteiger partial charge is 0.496 e. The Kier molecular flexibility index (Phi) is 5.94. The smallest absolute Gasteiger partial charge is 0.334 e. The normalized spacial score (nSPS) is 12.7. The molecule has 1 atom stereocenters. The molecule has 0 amide bonds. The number of nitrogens with one attached hydrogen (secondary N) is 1. The summed E-state index contributed by atoms with van der Waals surface area (Å²) in [6, 6.07) is 14.2. The molecule has 6 heteroatoms. The number of ether oxygens (including phenoxy) is 1. The minimum atomic E-state index is -1.27. The fourth-order valence-electron chi connectivity index (χ4n) is 2.67. The summed E-state index contributed by atoms with van der Waals surface area (Å²) < 4.78 is 5.32. The number of carboxylic acids is 1. The summed E-state index contributed by atoms with van der Waals surface area (Å²) in [5.74, 6) is -0.249. The van der Waals surface area contributed by atoms with Crippen LogP contribution in [0.5, 0.6) is 5.75 Å². The first kappa shape index (κ1) is 18.7. The second-order valence-corrected chi connectivity index (χ2v) is 6.30. The number of anilines is 1. The van der Waals surface area contributed by atoms with Gasteiger partial charge in [-0.05, 0) is 54.6 Å². The molecule has 0 fully saturated rings. The lowest BCUT2D eigenvalue weighted by Crippen LogP contribution is -2.43. The van der Waals surface area contributed by atoms with E-state index in [0.717, 1.165) is 4.90 Å². The molecule has 2 aromatic carbocycles. The van der Waals surface area contributed by atoms with Crippen molar-refractivity contribution in [3.8, 4) is 11.8 Å². The Bertz CT molecular complexity index is 799. The number of carbonyl (C=O) groups is 1. The number of methoxy groups -OCH3 is 1. The quantitative estimate of drug-likeness (QED) is 0.727. The fraction of sp³-hybridized carbons (Fsp3) is 0.263. The number of rotatable bonds is 7. The monoisotopic (exact) mass is 356 g/mol. The van der Waals surface area contributed by atoms with Gasteiger partial charge in [0, 0.05) is 10.6 Å². The van der Waals surface area contributed by atoms with Crippen molar-refractivity contribution in [3.05, 3.63) is 53.6 Å². The first-order valence-electron chi connectivity index (χ1n) is 7.75.